The van der Waals surface area contributed by atoms with Crippen LogP contribution in [0.2, 0.25) is 10.0 Å². The Bertz CT molecular complexity index is 1140. The van der Waals surface area contributed by atoms with Gasteiger partial charge in [0.1, 0.15) is 11.6 Å². The lowest BCUT2D eigenvalue weighted by Crippen LogP contribution is -2.40. The summed E-state index contributed by atoms with van der Waals surface area (Å²) in [4.78, 5) is 23.5. The third-order valence-corrected chi connectivity index (χ3v) is 5.84. The standard InChI is InChI=1S/C24H27Cl2N5O3/c1-15(24(2,3)33)29-22-27-12-11-21(30-22)31(18-7-9-19(34-4)10-8-18)23(32)28-14-16-5-6-17(25)13-20(16)26/h5-13,15,33H,14H2,1-4H3,(H,28,32)(H,27,29,30). The van der Waals surface area contributed by atoms with E-state index in [1.54, 1.807) is 75.7 Å². The number of amides is 2. The zero-order chi connectivity index (χ0) is 24.9. The number of anilines is 3. The average molecular weight is 504 g/mol. The third-order valence-electron chi connectivity index (χ3n) is 5.25. The summed E-state index contributed by atoms with van der Waals surface area (Å²) in [6, 6.07) is 13.0. The largest absolute Gasteiger partial charge is 0.497 e. The van der Waals surface area contributed by atoms with E-state index >= 15 is 0 Å². The van der Waals surface area contributed by atoms with Gasteiger partial charge < -0.3 is 20.5 Å². The molecule has 2 aromatic carbocycles. The lowest BCUT2D eigenvalue weighted by atomic mass is 10.0. The molecule has 1 atom stereocenters. The number of hydrogen-bond donors (Lipinski definition) is 3. The zero-order valence-electron chi connectivity index (χ0n) is 19.3. The Morgan fingerprint density at radius 1 is 1.18 bits per heavy atom. The molecule has 0 saturated carbocycles. The van der Waals surface area contributed by atoms with Crippen LogP contribution in [0.15, 0.2) is 54.7 Å². The van der Waals surface area contributed by atoms with Gasteiger partial charge in [0.05, 0.1) is 24.4 Å². The number of halogens is 2. The van der Waals surface area contributed by atoms with Crippen LogP contribution in [0.5, 0.6) is 5.75 Å². The molecule has 1 heterocycles. The van der Waals surface area contributed by atoms with E-state index in [1.807, 2.05) is 6.92 Å². The van der Waals surface area contributed by atoms with Gasteiger partial charge in [-0.25, -0.2) is 14.7 Å². The van der Waals surface area contributed by atoms with E-state index in [4.69, 9.17) is 27.9 Å². The van der Waals surface area contributed by atoms with Crippen molar-refractivity contribution in [2.24, 2.45) is 0 Å². The summed E-state index contributed by atoms with van der Waals surface area (Å²) in [6.45, 7) is 5.38. The summed E-state index contributed by atoms with van der Waals surface area (Å²) in [6.07, 6.45) is 1.54. The molecule has 3 N–H and O–H groups in total. The fourth-order valence-electron chi connectivity index (χ4n) is 2.91. The number of urea groups is 1. The number of methoxy groups -OCH3 is 1. The van der Waals surface area contributed by atoms with Gasteiger partial charge in [0.25, 0.3) is 0 Å². The first kappa shape index (κ1) is 25.6. The summed E-state index contributed by atoms with van der Waals surface area (Å²) in [5.41, 5.74) is 0.295. The summed E-state index contributed by atoms with van der Waals surface area (Å²) in [7, 11) is 1.57. The quantitative estimate of drug-likeness (QED) is 0.379. The zero-order valence-corrected chi connectivity index (χ0v) is 20.9. The second kappa shape index (κ2) is 10.9. The molecule has 1 aromatic heterocycles. The number of aliphatic hydroxyl groups is 1. The molecular formula is C24H27Cl2N5O3. The summed E-state index contributed by atoms with van der Waals surface area (Å²) < 4.78 is 5.23. The van der Waals surface area contributed by atoms with Gasteiger partial charge >= 0.3 is 6.03 Å². The van der Waals surface area contributed by atoms with Crippen LogP contribution in [-0.4, -0.2) is 39.9 Å². The number of nitrogens with zero attached hydrogens (tertiary/aromatic N) is 3. The van der Waals surface area contributed by atoms with Gasteiger partial charge in [-0.15, -0.1) is 0 Å². The number of rotatable bonds is 8. The van der Waals surface area contributed by atoms with Gasteiger partial charge in [0, 0.05) is 28.9 Å². The van der Waals surface area contributed by atoms with Gasteiger partial charge in [0.2, 0.25) is 5.95 Å². The molecule has 0 fully saturated rings. The van der Waals surface area contributed by atoms with Crippen molar-refractivity contribution < 1.29 is 14.6 Å². The molecule has 0 aliphatic heterocycles. The molecule has 0 aliphatic rings. The molecule has 0 radical (unpaired) electrons. The van der Waals surface area contributed by atoms with Crippen LogP contribution in [0.1, 0.15) is 26.3 Å². The number of carbonyl (C=O) groups excluding carboxylic acids is 1. The second-order valence-electron chi connectivity index (χ2n) is 8.19. The van der Waals surface area contributed by atoms with Crippen molar-refractivity contribution in [3.05, 3.63) is 70.3 Å². The van der Waals surface area contributed by atoms with E-state index in [1.165, 1.54) is 4.90 Å². The first-order valence-electron chi connectivity index (χ1n) is 10.6. The van der Waals surface area contributed by atoms with E-state index in [0.29, 0.717) is 27.3 Å². The van der Waals surface area contributed by atoms with Gasteiger partial charge in [-0.3, -0.25) is 0 Å². The Morgan fingerprint density at radius 2 is 1.88 bits per heavy atom. The summed E-state index contributed by atoms with van der Waals surface area (Å²) >= 11 is 12.2. The van der Waals surface area contributed by atoms with Crippen molar-refractivity contribution in [2.45, 2.75) is 39.0 Å². The second-order valence-corrected chi connectivity index (χ2v) is 9.03. The molecule has 0 aliphatic carbocycles. The van der Waals surface area contributed by atoms with Gasteiger partial charge in [0.15, 0.2) is 0 Å². The highest BCUT2D eigenvalue weighted by Gasteiger charge is 2.24. The van der Waals surface area contributed by atoms with Crippen LogP contribution in [0.3, 0.4) is 0 Å². The third kappa shape index (κ3) is 6.50. The van der Waals surface area contributed by atoms with Crippen molar-refractivity contribution in [1.82, 2.24) is 15.3 Å². The Hall–Kier alpha value is -3.07. The Kier molecular flexibility index (Phi) is 8.19. The minimum absolute atomic E-state index is 0.188. The number of nitrogens with one attached hydrogen (secondary N) is 2. The van der Waals surface area contributed by atoms with Gasteiger partial charge in [-0.2, -0.15) is 4.98 Å². The lowest BCUT2D eigenvalue weighted by molar-refractivity contribution is 0.0646. The fraction of sp³-hybridized carbons (Fsp3) is 0.292. The molecule has 180 valence electrons. The molecule has 10 heteroatoms. The van der Waals surface area contributed by atoms with E-state index in [9.17, 15) is 9.90 Å². The van der Waals surface area contributed by atoms with Crippen molar-refractivity contribution in [1.29, 1.82) is 0 Å². The SMILES string of the molecule is COc1ccc(N(C(=O)NCc2ccc(Cl)cc2Cl)c2ccnc(NC(C)C(C)(C)O)n2)cc1. The molecule has 0 saturated heterocycles. The number of carbonyl (C=O) groups is 1. The van der Waals surface area contributed by atoms with Crippen LogP contribution in [-0.2, 0) is 6.54 Å². The minimum Gasteiger partial charge on any atom is -0.497 e. The molecule has 8 nitrogen and oxygen atoms in total. The van der Waals surface area contributed by atoms with E-state index in [2.05, 4.69) is 20.6 Å². The topological polar surface area (TPSA) is 99.6 Å². The van der Waals surface area contributed by atoms with Crippen LogP contribution >= 0.6 is 23.2 Å². The molecule has 1 unspecified atom stereocenters. The summed E-state index contributed by atoms with van der Waals surface area (Å²) in [5, 5.41) is 17.2. The number of aromatic nitrogens is 2. The highest BCUT2D eigenvalue weighted by atomic mass is 35.5. The van der Waals surface area contributed by atoms with Crippen molar-refractivity contribution >= 4 is 46.7 Å². The van der Waals surface area contributed by atoms with Gasteiger partial charge in [-0.05, 0) is 62.7 Å². The van der Waals surface area contributed by atoms with E-state index in [-0.39, 0.29) is 18.5 Å². The summed E-state index contributed by atoms with van der Waals surface area (Å²) in [5.74, 6) is 1.27. The van der Waals surface area contributed by atoms with E-state index < -0.39 is 11.6 Å². The first-order valence-corrected chi connectivity index (χ1v) is 11.3. The number of hydrogen-bond acceptors (Lipinski definition) is 6. The van der Waals surface area contributed by atoms with Crippen LogP contribution in [0.4, 0.5) is 22.2 Å². The predicted octanol–water partition coefficient (Wildman–Crippen LogP) is 5.41. The highest BCUT2D eigenvalue weighted by Crippen LogP contribution is 2.27. The Balaban J connectivity index is 1.90. The average Bonchev–Trinajstić information content (AvgIpc) is 2.79. The predicted molar refractivity (Wildman–Crippen MR) is 135 cm³/mol. The molecule has 0 spiro atoms. The Labute approximate surface area is 208 Å². The maximum Gasteiger partial charge on any atom is 0.327 e. The maximum absolute atomic E-state index is 13.3. The highest BCUT2D eigenvalue weighted by molar-refractivity contribution is 6.35. The monoisotopic (exact) mass is 503 g/mol. The van der Waals surface area contributed by atoms with Crippen molar-refractivity contribution in [2.75, 3.05) is 17.3 Å². The van der Waals surface area contributed by atoms with Crippen LogP contribution in [0, 0.1) is 0 Å². The minimum atomic E-state index is -0.996. The van der Waals surface area contributed by atoms with Crippen LogP contribution in [0.25, 0.3) is 0 Å². The van der Waals surface area contributed by atoms with E-state index in [0.717, 1.165) is 5.56 Å². The van der Waals surface area contributed by atoms with Gasteiger partial charge in [-0.1, -0.05) is 29.3 Å². The maximum atomic E-state index is 13.3. The molecule has 3 rings (SSSR count). The molecule has 3 aromatic rings. The normalized spacial score (nSPS) is 12.1. The Morgan fingerprint density at radius 3 is 2.50 bits per heavy atom. The van der Waals surface area contributed by atoms with Crippen LogP contribution < -0.4 is 20.3 Å². The molecule has 2 amide bonds. The number of ether oxygens (including phenoxy) is 1. The smallest absolute Gasteiger partial charge is 0.327 e. The fourth-order valence-corrected chi connectivity index (χ4v) is 3.39. The van der Waals surface area contributed by atoms with Crippen molar-refractivity contribution in [3.8, 4) is 5.75 Å². The lowest BCUT2D eigenvalue weighted by Gasteiger charge is -2.27. The number of benzene rings is 2. The van der Waals surface area contributed by atoms with Crippen molar-refractivity contribution in [3.63, 3.8) is 0 Å². The first-order chi connectivity index (χ1) is 16.1. The molecule has 0 bridgehead atoms. The molecular weight excluding hydrogens is 477 g/mol. The molecule has 34 heavy (non-hydrogen) atoms.